The summed E-state index contributed by atoms with van der Waals surface area (Å²) < 4.78 is 11.8. The van der Waals surface area contributed by atoms with Gasteiger partial charge in [0.2, 0.25) is 0 Å². The lowest BCUT2D eigenvalue weighted by Gasteiger charge is -2.19. The van der Waals surface area contributed by atoms with E-state index in [1.54, 1.807) is 0 Å². The molecule has 0 saturated carbocycles. The number of hydrogen-bond donors (Lipinski definition) is 0. The monoisotopic (exact) mass is 388 g/mol. The van der Waals surface area contributed by atoms with Crippen LogP contribution in [0.2, 0.25) is 0 Å². The lowest BCUT2D eigenvalue weighted by atomic mass is 9.86. The predicted molar refractivity (Wildman–Crippen MR) is 98.0 cm³/mol. The van der Waals surface area contributed by atoms with E-state index < -0.39 is 0 Å². The smallest absolute Gasteiger partial charge is 0.196 e. The zero-order valence-electron chi connectivity index (χ0n) is 14.1. The quantitative estimate of drug-likeness (QED) is 0.547. The molecule has 3 nitrogen and oxygen atoms in total. The highest BCUT2D eigenvalue weighted by molar-refractivity contribution is 9.10. The number of carbonyl (C=O) groups is 1. The Hall–Kier alpha value is -1.65. The number of carbonyl (C=O) groups excluding carboxylic acids is 1. The van der Waals surface area contributed by atoms with E-state index in [0.29, 0.717) is 23.5 Å². The minimum absolute atomic E-state index is 0.0384. The zero-order chi connectivity index (χ0) is 17.3. The van der Waals surface area contributed by atoms with E-state index in [-0.39, 0.29) is 17.3 Å². The molecule has 1 aliphatic heterocycles. The van der Waals surface area contributed by atoms with E-state index in [0.717, 1.165) is 11.1 Å². The molecule has 24 heavy (non-hydrogen) atoms. The Bertz CT molecular complexity index is 740. The number of rotatable bonds is 5. The summed E-state index contributed by atoms with van der Waals surface area (Å²) in [6, 6.07) is 13.3. The maximum atomic E-state index is 12.9. The van der Waals surface area contributed by atoms with Gasteiger partial charge in [0.1, 0.15) is 18.5 Å². The summed E-state index contributed by atoms with van der Waals surface area (Å²) in [5, 5.41) is 0. The van der Waals surface area contributed by atoms with Crippen LogP contribution >= 0.6 is 15.9 Å². The number of epoxide rings is 1. The van der Waals surface area contributed by atoms with Crippen molar-refractivity contribution in [2.24, 2.45) is 0 Å². The maximum absolute atomic E-state index is 12.9. The van der Waals surface area contributed by atoms with Crippen LogP contribution in [0.25, 0.3) is 0 Å². The summed E-state index contributed by atoms with van der Waals surface area (Å²) in [5.74, 6) is 0.557. The van der Waals surface area contributed by atoms with Gasteiger partial charge in [-0.2, -0.15) is 0 Å². The zero-order valence-corrected chi connectivity index (χ0v) is 15.7. The average Bonchev–Trinajstić information content (AvgIpc) is 3.36. The molecule has 126 valence electrons. The molecular weight excluding hydrogens is 368 g/mol. The molecule has 1 heterocycles. The van der Waals surface area contributed by atoms with Gasteiger partial charge >= 0.3 is 0 Å². The van der Waals surface area contributed by atoms with Crippen LogP contribution in [0.1, 0.15) is 42.3 Å². The molecule has 0 bridgehead atoms. The standard InChI is InChI=1S/C20H21BrO3/c1-20(2,3)14-6-4-13(5-7-14)19(22)17-10-15(21)8-9-18(17)24-12-16-11-23-16/h4-10,16H,11-12H2,1-3H3. The van der Waals surface area contributed by atoms with Crippen LogP contribution in [0.4, 0.5) is 0 Å². The Kier molecular flexibility index (Phi) is 4.79. The number of ketones is 1. The second-order valence-electron chi connectivity index (χ2n) is 7.06. The summed E-state index contributed by atoms with van der Waals surface area (Å²) in [6.07, 6.45) is 0.155. The topological polar surface area (TPSA) is 38.8 Å². The number of benzene rings is 2. The van der Waals surface area contributed by atoms with Crippen LogP contribution in [0, 0.1) is 0 Å². The van der Waals surface area contributed by atoms with Crippen molar-refractivity contribution in [3.05, 3.63) is 63.6 Å². The molecule has 1 aliphatic rings. The highest BCUT2D eigenvalue weighted by Crippen LogP contribution is 2.28. The molecule has 1 saturated heterocycles. The minimum Gasteiger partial charge on any atom is -0.490 e. The fourth-order valence-corrected chi connectivity index (χ4v) is 2.79. The van der Waals surface area contributed by atoms with Crippen molar-refractivity contribution in [2.75, 3.05) is 13.2 Å². The van der Waals surface area contributed by atoms with E-state index in [1.165, 1.54) is 5.56 Å². The Morgan fingerprint density at radius 3 is 2.46 bits per heavy atom. The van der Waals surface area contributed by atoms with Crippen molar-refractivity contribution < 1.29 is 14.3 Å². The van der Waals surface area contributed by atoms with E-state index in [4.69, 9.17) is 9.47 Å². The van der Waals surface area contributed by atoms with Crippen molar-refractivity contribution in [1.29, 1.82) is 0 Å². The first-order valence-corrected chi connectivity index (χ1v) is 8.83. The third kappa shape index (κ3) is 4.05. The van der Waals surface area contributed by atoms with Crippen LogP contribution in [0.15, 0.2) is 46.9 Å². The minimum atomic E-state index is -0.0384. The largest absolute Gasteiger partial charge is 0.490 e. The predicted octanol–water partition coefficient (Wildman–Crippen LogP) is 4.76. The lowest BCUT2D eigenvalue weighted by molar-refractivity contribution is 0.103. The Balaban J connectivity index is 1.86. The molecule has 0 amide bonds. The van der Waals surface area contributed by atoms with Crippen LogP contribution in [-0.2, 0) is 10.2 Å². The van der Waals surface area contributed by atoms with Gasteiger partial charge in [-0.15, -0.1) is 0 Å². The van der Waals surface area contributed by atoms with Gasteiger partial charge < -0.3 is 9.47 Å². The Morgan fingerprint density at radius 1 is 1.21 bits per heavy atom. The van der Waals surface area contributed by atoms with Crippen LogP contribution in [0.5, 0.6) is 5.75 Å². The number of halogens is 1. The molecule has 0 spiro atoms. The van der Waals surface area contributed by atoms with Gasteiger partial charge in [-0.25, -0.2) is 0 Å². The van der Waals surface area contributed by atoms with Crippen LogP contribution in [-0.4, -0.2) is 25.1 Å². The Labute approximate surface area is 151 Å². The summed E-state index contributed by atoms with van der Waals surface area (Å²) in [7, 11) is 0. The molecule has 2 aromatic carbocycles. The molecule has 4 heteroatoms. The van der Waals surface area contributed by atoms with Crippen LogP contribution in [0.3, 0.4) is 0 Å². The highest BCUT2D eigenvalue weighted by atomic mass is 79.9. The molecule has 2 aromatic rings. The molecule has 3 rings (SSSR count). The van der Waals surface area contributed by atoms with E-state index in [9.17, 15) is 4.79 Å². The average molecular weight is 389 g/mol. The fourth-order valence-electron chi connectivity index (χ4n) is 2.43. The molecule has 0 radical (unpaired) electrons. The van der Waals surface area contributed by atoms with Gasteiger partial charge in [-0.3, -0.25) is 4.79 Å². The third-order valence-electron chi connectivity index (χ3n) is 4.03. The normalized spacial score (nSPS) is 16.8. The first kappa shape index (κ1) is 17.2. The summed E-state index contributed by atoms with van der Waals surface area (Å²) >= 11 is 3.43. The maximum Gasteiger partial charge on any atom is 0.196 e. The second kappa shape index (κ2) is 6.69. The SMILES string of the molecule is CC(C)(C)c1ccc(C(=O)c2cc(Br)ccc2OCC2CO2)cc1. The van der Waals surface area contributed by atoms with Crippen molar-refractivity contribution in [2.45, 2.75) is 32.3 Å². The van der Waals surface area contributed by atoms with Gasteiger partial charge in [0.15, 0.2) is 5.78 Å². The van der Waals surface area contributed by atoms with Crippen LogP contribution < -0.4 is 4.74 Å². The van der Waals surface area contributed by atoms with Gasteiger partial charge in [0, 0.05) is 10.0 Å². The summed E-state index contributed by atoms with van der Waals surface area (Å²) in [6.45, 7) is 7.68. The van der Waals surface area contributed by atoms with Crippen molar-refractivity contribution in [3.63, 3.8) is 0 Å². The van der Waals surface area contributed by atoms with Gasteiger partial charge in [0.25, 0.3) is 0 Å². The van der Waals surface area contributed by atoms with Gasteiger partial charge in [-0.1, -0.05) is 61.0 Å². The van der Waals surface area contributed by atoms with E-state index in [2.05, 4.69) is 36.7 Å². The highest BCUT2D eigenvalue weighted by Gasteiger charge is 2.24. The Morgan fingerprint density at radius 2 is 1.88 bits per heavy atom. The molecular formula is C20H21BrO3. The van der Waals surface area contributed by atoms with Gasteiger partial charge in [-0.05, 0) is 29.2 Å². The van der Waals surface area contributed by atoms with Crippen molar-refractivity contribution >= 4 is 21.7 Å². The van der Waals surface area contributed by atoms with Crippen molar-refractivity contribution in [1.82, 2.24) is 0 Å². The molecule has 1 unspecified atom stereocenters. The number of hydrogen-bond acceptors (Lipinski definition) is 3. The fraction of sp³-hybridized carbons (Fsp3) is 0.350. The molecule has 1 atom stereocenters. The van der Waals surface area contributed by atoms with Gasteiger partial charge in [0.05, 0.1) is 12.2 Å². The molecule has 0 aliphatic carbocycles. The van der Waals surface area contributed by atoms with E-state index in [1.807, 2.05) is 42.5 Å². The summed E-state index contributed by atoms with van der Waals surface area (Å²) in [5.41, 5.74) is 2.49. The first-order chi connectivity index (χ1) is 11.3. The molecule has 0 N–H and O–H groups in total. The molecule has 1 fully saturated rings. The lowest BCUT2D eigenvalue weighted by Crippen LogP contribution is -2.12. The van der Waals surface area contributed by atoms with Crippen molar-refractivity contribution in [3.8, 4) is 5.75 Å². The molecule has 0 aromatic heterocycles. The second-order valence-corrected chi connectivity index (χ2v) is 7.98. The summed E-state index contributed by atoms with van der Waals surface area (Å²) in [4.78, 5) is 12.9. The first-order valence-electron chi connectivity index (χ1n) is 8.04. The number of ether oxygens (including phenoxy) is 2. The van der Waals surface area contributed by atoms with E-state index >= 15 is 0 Å². The third-order valence-corrected chi connectivity index (χ3v) is 4.52.